The van der Waals surface area contributed by atoms with Crippen LogP contribution in [0, 0.1) is 0 Å². The van der Waals surface area contributed by atoms with E-state index >= 15 is 0 Å². The molecule has 1 aromatic carbocycles. The number of hydrogen-bond donors (Lipinski definition) is 1. The van der Waals surface area contributed by atoms with Crippen LogP contribution in [0.4, 0.5) is 5.82 Å². The maximum absolute atomic E-state index is 6.56. The summed E-state index contributed by atoms with van der Waals surface area (Å²) < 4.78 is 5.46. The Morgan fingerprint density at radius 3 is 2.94 bits per heavy atom. The fourth-order valence-corrected chi connectivity index (χ4v) is 4.85. The maximum Gasteiger partial charge on any atom is 0.156 e. The van der Waals surface area contributed by atoms with Crippen LogP contribution >= 0.6 is 22.9 Å². The number of hydrogen-bond acceptors (Lipinski definition) is 8. The summed E-state index contributed by atoms with van der Waals surface area (Å²) in [5, 5.41) is 6.35. The molecule has 0 atom stereocenters. The largest absolute Gasteiger partial charge is 0.379 e. The molecule has 31 heavy (non-hydrogen) atoms. The number of nitrogens with one attached hydrogen (secondary N) is 1. The minimum Gasteiger partial charge on any atom is -0.379 e. The molecule has 0 unspecified atom stereocenters. The van der Waals surface area contributed by atoms with Crippen molar-refractivity contribution in [1.29, 1.82) is 0 Å². The number of halogens is 1. The van der Waals surface area contributed by atoms with E-state index in [0.717, 1.165) is 89.0 Å². The zero-order chi connectivity index (χ0) is 21.0. The van der Waals surface area contributed by atoms with Crippen LogP contribution < -0.4 is 5.32 Å². The zero-order valence-corrected chi connectivity index (χ0v) is 18.6. The van der Waals surface area contributed by atoms with Crippen LogP contribution in [0.5, 0.6) is 0 Å². The Hall–Kier alpha value is -2.39. The first kappa shape index (κ1) is 20.5. The second-order valence-electron chi connectivity index (χ2n) is 7.51. The van der Waals surface area contributed by atoms with Gasteiger partial charge in [-0.15, -0.1) is 11.3 Å². The lowest BCUT2D eigenvalue weighted by Gasteiger charge is -2.26. The number of rotatable bonds is 7. The van der Waals surface area contributed by atoms with Gasteiger partial charge in [0.2, 0.25) is 0 Å². The molecule has 0 saturated carbocycles. The fraction of sp³-hybridized carbons (Fsp3) is 0.364. The van der Waals surface area contributed by atoms with Gasteiger partial charge in [-0.25, -0.2) is 15.0 Å². The van der Waals surface area contributed by atoms with E-state index in [1.165, 1.54) is 11.3 Å². The molecule has 1 fully saturated rings. The number of benzene rings is 1. The van der Waals surface area contributed by atoms with Gasteiger partial charge in [-0.05, 0) is 17.5 Å². The topological polar surface area (TPSA) is 76.1 Å². The summed E-state index contributed by atoms with van der Waals surface area (Å²) in [5.74, 6) is 0.766. The number of pyridine rings is 1. The Balaban J connectivity index is 1.34. The van der Waals surface area contributed by atoms with Gasteiger partial charge in [0, 0.05) is 50.1 Å². The molecule has 7 nitrogen and oxygen atoms in total. The minimum absolute atomic E-state index is 0.714. The summed E-state index contributed by atoms with van der Waals surface area (Å²) in [5.41, 5.74) is 4.72. The summed E-state index contributed by atoms with van der Waals surface area (Å²) >= 11 is 8.07. The Morgan fingerprint density at radius 1 is 1.13 bits per heavy atom. The average molecular weight is 455 g/mol. The number of aromatic nitrogens is 4. The highest BCUT2D eigenvalue weighted by Gasteiger charge is 2.14. The highest BCUT2D eigenvalue weighted by molar-refractivity contribution is 7.16. The Morgan fingerprint density at radius 2 is 2.03 bits per heavy atom. The van der Waals surface area contributed by atoms with Gasteiger partial charge in [-0.1, -0.05) is 23.7 Å². The second-order valence-corrected chi connectivity index (χ2v) is 8.75. The van der Waals surface area contributed by atoms with E-state index in [2.05, 4.69) is 37.3 Å². The molecule has 0 radical (unpaired) electrons. The van der Waals surface area contributed by atoms with Gasteiger partial charge in [-0.2, -0.15) is 0 Å². The molecule has 1 aliphatic heterocycles. The van der Waals surface area contributed by atoms with Crippen LogP contribution in [0.1, 0.15) is 11.4 Å². The van der Waals surface area contributed by atoms with Crippen LogP contribution in [-0.4, -0.2) is 64.2 Å². The van der Waals surface area contributed by atoms with Crippen LogP contribution in [0.2, 0.25) is 5.02 Å². The lowest BCUT2D eigenvalue weighted by molar-refractivity contribution is 0.0384. The third-order valence-corrected chi connectivity index (χ3v) is 6.56. The quantitative estimate of drug-likeness (QED) is 0.455. The number of fused-ring (bicyclic) bond motifs is 2. The molecule has 0 amide bonds. The molecule has 160 valence electrons. The first-order chi connectivity index (χ1) is 15.3. The summed E-state index contributed by atoms with van der Waals surface area (Å²) in [7, 11) is 0. The molecular weight excluding hydrogens is 432 g/mol. The van der Waals surface area contributed by atoms with Gasteiger partial charge in [0.25, 0.3) is 0 Å². The van der Waals surface area contributed by atoms with E-state index in [1.807, 2.05) is 12.1 Å². The van der Waals surface area contributed by atoms with Crippen molar-refractivity contribution in [2.24, 2.45) is 0 Å². The predicted octanol–water partition coefficient (Wildman–Crippen LogP) is 3.82. The lowest BCUT2D eigenvalue weighted by Crippen LogP contribution is -2.37. The van der Waals surface area contributed by atoms with Crippen molar-refractivity contribution in [2.75, 3.05) is 44.7 Å². The van der Waals surface area contributed by atoms with Crippen LogP contribution in [0.25, 0.3) is 21.1 Å². The molecule has 3 aromatic heterocycles. The maximum atomic E-state index is 6.56. The lowest BCUT2D eigenvalue weighted by atomic mass is 10.0. The summed E-state index contributed by atoms with van der Waals surface area (Å²) in [4.78, 5) is 21.3. The van der Waals surface area contributed by atoms with Crippen molar-refractivity contribution >= 4 is 49.9 Å². The van der Waals surface area contributed by atoms with Gasteiger partial charge >= 0.3 is 0 Å². The number of thiazole rings is 1. The highest BCUT2D eigenvalue weighted by Crippen LogP contribution is 2.27. The van der Waals surface area contributed by atoms with E-state index in [4.69, 9.17) is 21.3 Å². The van der Waals surface area contributed by atoms with Gasteiger partial charge in [0.05, 0.1) is 29.4 Å². The molecule has 9 heteroatoms. The van der Waals surface area contributed by atoms with E-state index in [0.29, 0.717) is 6.54 Å². The van der Waals surface area contributed by atoms with E-state index in [-0.39, 0.29) is 0 Å². The first-order valence-electron chi connectivity index (χ1n) is 10.4. The predicted molar refractivity (Wildman–Crippen MR) is 125 cm³/mol. The third-order valence-electron chi connectivity index (χ3n) is 5.51. The molecule has 1 aliphatic rings. The van der Waals surface area contributed by atoms with Crippen molar-refractivity contribution in [3.63, 3.8) is 0 Å². The summed E-state index contributed by atoms with van der Waals surface area (Å²) in [6.45, 7) is 5.22. The van der Waals surface area contributed by atoms with Gasteiger partial charge in [0.15, 0.2) is 5.82 Å². The summed E-state index contributed by atoms with van der Waals surface area (Å²) in [6.07, 6.45) is 3.22. The molecular formula is C22H23ClN6OS. The smallest absolute Gasteiger partial charge is 0.156 e. The number of anilines is 1. The number of morpholine rings is 1. The standard InChI is InChI=1S/C22H23ClN6OS/c23-17-3-1-2-15-12-16(4-6-24-21-20-22(26-13-25-21)31-14-27-20)28-18(19(15)17)5-7-29-8-10-30-11-9-29/h1-3,12-14H,4-11H2,(H,24,25,26). The van der Waals surface area contributed by atoms with Crippen molar-refractivity contribution in [3.8, 4) is 0 Å². The molecule has 0 aliphatic carbocycles. The monoisotopic (exact) mass is 454 g/mol. The molecule has 5 rings (SSSR count). The summed E-state index contributed by atoms with van der Waals surface area (Å²) in [6, 6.07) is 8.19. The van der Waals surface area contributed by atoms with Crippen molar-refractivity contribution in [3.05, 3.63) is 52.5 Å². The van der Waals surface area contributed by atoms with E-state index in [9.17, 15) is 0 Å². The Labute approximate surface area is 189 Å². The molecule has 1 saturated heterocycles. The molecule has 4 aromatic rings. The minimum atomic E-state index is 0.714. The fourth-order valence-electron chi connectivity index (χ4n) is 3.94. The average Bonchev–Trinajstić information content (AvgIpc) is 3.28. The second kappa shape index (κ2) is 9.40. The van der Waals surface area contributed by atoms with Gasteiger partial charge in [-0.3, -0.25) is 9.88 Å². The van der Waals surface area contributed by atoms with Crippen molar-refractivity contribution < 1.29 is 4.74 Å². The van der Waals surface area contributed by atoms with E-state index in [1.54, 1.807) is 11.8 Å². The van der Waals surface area contributed by atoms with Crippen molar-refractivity contribution in [2.45, 2.75) is 12.8 Å². The molecule has 1 N–H and O–H groups in total. The van der Waals surface area contributed by atoms with Crippen LogP contribution in [0.3, 0.4) is 0 Å². The third kappa shape index (κ3) is 4.62. The van der Waals surface area contributed by atoms with Crippen molar-refractivity contribution in [1.82, 2.24) is 24.8 Å². The Bertz CT molecular complexity index is 1190. The van der Waals surface area contributed by atoms with E-state index < -0.39 is 0 Å². The molecule has 0 bridgehead atoms. The normalized spacial score (nSPS) is 15.0. The first-order valence-corrected chi connectivity index (χ1v) is 11.7. The van der Waals surface area contributed by atoms with Gasteiger partial charge in [0.1, 0.15) is 16.7 Å². The number of nitrogens with zero attached hydrogens (tertiary/aromatic N) is 5. The van der Waals surface area contributed by atoms with Gasteiger partial charge < -0.3 is 10.1 Å². The SMILES string of the molecule is Clc1cccc2cc(CCNc3ncnc4scnc34)nc(CCN3CCOCC3)c12. The highest BCUT2D eigenvalue weighted by atomic mass is 35.5. The van der Waals surface area contributed by atoms with Crippen LogP contribution in [0.15, 0.2) is 36.1 Å². The Kier molecular flexibility index (Phi) is 6.22. The van der Waals surface area contributed by atoms with Crippen LogP contribution in [-0.2, 0) is 17.6 Å². The molecule has 4 heterocycles. The molecule has 0 spiro atoms. The number of ether oxygens (including phenoxy) is 1. The zero-order valence-electron chi connectivity index (χ0n) is 17.1.